The van der Waals surface area contributed by atoms with Gasteiger partial charge in [-0.05, 0) is 31.9 Å². The molecule has 2 N–H and O–H groups in total. The molecule has 104 valence electrons. The van der Waals surface area contributed by atoms with Crippen LogP contribution in [0.5, 0.6) is 5.75 Å². The number of β-amino-alcohol motifs (C(OH)–C–C–N with tert-alkyl or cyclic N) is 1. The second-order valence-electron chi connectivity index (χ2n) is 4.63. The summed E-state index contributed by atoms with van der Waals surface area (Å²) in [7, 11) is 0. The number of nitrogens with zero attached hydrogens (tertiary/aromatic N) is 1. The van der Waals surface area contributed by atoms with Crippen molar-refractivity contribution in [2.24, 2.45) is 0 Å². The smallest absolute Gasteiger partial charge is 0.321 e. The zero-order valence-corrected chi connectivity index (χ0v) is 11.1. The lowest BCUT2D eigenvalue weighted by Gasteiger charge is -2.30. The number of anilines is 1. The molecule has 2 amide bonds. The van der Waals surface area contributed by atoms with E-state index >= 15 is 0 Å². The third kappa shape index (κ3) is 3.86. The summed E-state index contributed by atoms with van der Waals surface area (Å²) in [5, 5.41) is 12.4. The van der Waals surface area contributed by atoms with Gasteiger partial charge in [0.15, 0.2) is 0 Å². The van der Waals surface area contributed by atoms with E-state index in [1.807, 2.05) is 25.1 Å². The predicted molar refractivity (Wildman–Crippen MR) is 73.4 cm³/mol. The highest BCUT2D eigenvalue weighted by Gasteiger charge is 2.21. The van der Waals surface area contributed by atoms with Crippen molar-refractivity contribution in [2.75, 3.05) is 25.0 Å². The van der Waals surface area contributed by atoms with E-state index in [0.29, 0.717) is 25.4 Å². The van der Waals surface area contributed by atoms with Gasteiger partial charge in [-0.15, -0.1) is 0 Å². The third-order valence-electron chi connectivity index (χ3n) is 3.08. The molecule has 1 unspecified atom stereocenters. The molecule has 1 saturated heterocycles. The Hall–Kier alpha value is -1.75. The fourth-order valence-electron chi connectivity index (χ4n) is 2.17. The Morgan fingerprint density at radius 3 is 3.16 bits per heavy atom. The highest BCUT2D eigenvalue weighted by atomic mass is 16.5. The third-order valence-corrected chi connectivity index (χ3v) is 3.08. The van der Waals surface area contributed by atoms with Crippen LogP contribution in [-0.2, 0) is 0 Å². The molecule has 1 aromatic rings. The normalized spacial score (nSPS) is 19.1. The molecule has 0 spiro atoms. The Kier molecular flexibility index (Phi) is 4.63. The number of rotatable bonds is 3. The number of benzene rings is 1. The van der Waals surface area contributed by atoms with Gasteiger partial charge >= 0.3 is 6.03 Å². The van der Waals surface area contributed by atoms with Crippen molar-refractivity contribution in [3.63, 3.8) is 0 Å². The first-order chi connectivity index (χ1) is 9.19. The number of aliphatic hydroxyl groups excluding tert-OH is 1. The van der Waals surface area contributed by atoms with E-state index in [-0.39, 0.29) is 6.03 Å². The van der Waals surface area contributed by atoms with Crippen molar-refractivity contribution < 1.29 is 14.6 Å². The van der Waals surface area contributed by atoms with Crippen LogP contribution in [0.15, 0.2) is 24.3 Å². The molecule has 1 atom stereocenters. The van der Waals surface area contributed by atoms with Gasteiger partial charge in [0, 0.05) is 24.8 Å². The highest BCUT2D eigenvalue weighted by Crippen LogP contribution is 2.18. The van der Waals surface area contributed by atoms with Crippen molar-refractivity contribution in [1.82, 2.24) is 4.90 Å². The van der Waals surface area contributed by atoms with E-state index in [9.17, 15) is 9.90 Å². The first-order valence-corrected chi connectivity index (χ1v) is 6.66. The maximum absolute atomic E-state index is 12.0. The molecule has 19 heavy (non-hydrogen) atoms. The van der Waals surface area contributed by atoms with Gasteiger partial charge in [0.1, 0.15) is 5.75 Å². The topological polar surface area (TPSA) is 61.8 Å². The molecule has 1 aliphatic rings. The number of likely N-dealkylation sites (tertiary alicyclic amines) is 1. The average molecular weight is 264 g/mol. The number of carbonyl (C=O) groups excluding carboxylic acids is 1. The summed E-state index contributed by atoms with van der Waals surface area (Å²) in [5.41, 5.74) is 0.705. The largest absolute Gasteiger partial charge is 0.494 e. The second-order valence-corrected chi connectivity index (χ2v) is 4.63. The molecule has 0 aromatic heterocycles. The average Bonchev–Trinajstić information content (AvgIpc) is 2.39. The molecule has 0 bridgehead atoms. The Balaban J connectivity index is 1.96. The van der Waals surface area contributed by atoms with Gasteiger partial charge in [-0.25, -0.2) is 4.79 Å². The Labute approximate surface area is 113 Å². The first-order valence-electron chi connectivity index (χ1n) is 6.66. The summed E-state index contributed by atoms with van der Waals surface area (Å²) < 4.78 is 5.39. The molecule has 1 aromatic carbocycles. The minimum Gasteiger partial charge on any atom is -0.494 e. The van der Waals surface area contributed by atoms with Gasteiger partial charge < -0.3 is 20.1 Å². The van der Waals surface area contributed by atoms with Crippen molar-refractivity contribution >= 4 is 11.7 Å². The fraction of sp³-hybridized carbons (Fsp3) is 0.500. The van der Waals surface area contributed by atoms with Crippen LogP contribution in [-0.4, -0.2) is 41.8 Å². The number of nitrogens with one attached hydrogen (secondary N) is 1. The number of piperidine rings is 1. The molecular weight excluding hydrogens is 244 g/mol. The summed E-state index contributed by atoms with van der Waals surface area (Å²) in [6, 6.07) is 7.13. The lowest BCUT2D eigenvalue weighted by molar-refractivity contribution is 0.0883. The molecule has 1 heterocycles. The van der Waals surface area contributed by atoms with Crippen LogP contribution in [0, 0.1) is 0 Å². The molecule has 5 nitrogen and oxygen atoms in total. The summed E-state index contributed by atoms with van der Waals surface area (Å²) in [6.45, 7) is 3.60. The molecule has 0 saturated carbocycles. The van der Waals surface area contributed by atoms with Gasteiger partial charge in [0.25, 0.3) is 0 Å². The summed E-state index contributed by atoms with van der Waals surface area (Å²) in [5.74, 6) is 0.735. The number of amides is 2. The van der Waals surface area contributed by atoms with Crippen LogP contribution in [0.2, 0.25) is 0 Å². The number of ether oxygens (including phenoxy) is 1. The van der Waals surface area contributed by atoms with Crippen molar-refractivity contribution in [3.05, 3.63) is 24.3 Å². The van der Waals surface area contributed by atoms with Crippen molar-refractivity contribution in [1.29, 1.82) is 0 Å². The van der Waals surface area contributed by atoms with E-state index in [0.717, 1.165) is 18.6 Å². The predicted octanol–water partition coefficient (Wildman–Crippen LogP) is 2.07. The molecule has 0 aliphatic carbocycles. The number of hydrogen-bond donors (Lipinski definition) is 2. The van der Waals surface area contributed by atoms with Crippen LogP contribution in [0.25, 0.3) is 0 Å². The van der Waals surface area contributed by atoms with E-state index < -0.39 is 6.10 Å². The molecule has 5 heteroatoms. The number of carbonyl (C=O) groups is 1. The monoisotopic (exact) mass is 264 g/mol. The lowest BCUT2D eigenvalue weighted by atomic mass is 10.1. The van der Waals surface area contributed by atoms with Crippen LogP contribution >= 0.6 is 0 Å². The van der Waals surface area contributed by atoms with Crippen molar-refractivity contribution in [2.45, 2.75) is 25.9 Å². The van der Waals surface area contributed by atoms with Crippen LogP contribution < -0.4 is 10.1 Å². The molecule has 1 aliphatic heterocycles. The highest BCUT2D eigenvalue weighted by molar-refractivity contribution is 5.89. The maximum atomic E-state index is 12.0. The fourth-order valence-corrected chi connectivity index (χ4v) is 2.17. The van der Waals surface area contributed by atoms with Crippen molar-refractivity contribution in [3.8, 4) is 5.75 Å². The van der Waals surface area contributed by atoms with Gasteiger partial charge in [-0.2, -0.15) is 0 Å². The van der Waals surface area contributed by atoms with Crippen LogP contribution in [0.4, 0.5) is 10.5 Å². The Morgan fingerprint density at radius 1 is 1.58 bits per heavy atom. The van der Waals surface area contributed by atoms with E-state index in [4.69, 9.17) is 4.74 Å². The maximum Gasteiger partial charge on any atom is 0.321 e. The Morgan fingerprint density at radius 2 is 2.42 bits per heavy atom. The standard InChI is InChI=1S/C14H20N2O3/c1-2-19-13-7-3-5-11(9-13)15-14(18)16-8-4-6-12(17)10-16/h3,5,7,9,12,17H,2,4,6,8,10H2,1H3,(H,15,18). The summed E-state index contributed by atoms with van der Waals surface area (Å²) in [4.78, 5) is 13.7. The Bertz CT molecular complexity index is 436. The van der Waals surface area contributed by atoms with E-state index in [1.54, 1.807) is 11.0 Å². The quantitative estimate of drug-likeness (QED) is 0.878. The summed E-state index contributed by atoms with van der Waals surface area (Å²) in [6.07, 6.45) is 1.20. The number of hydrogen-bond acceptors (Lipinski definition) is 3. The van der Waals surface area contributed by atoms with Gasteiger partial charge in [-0.1, -0.05) is 6.07 Å². The van der Waals surface area contributed by atoms with Crippen LogP contribution in [0.1, 0.15) is 19.8 Å². The van der Waals surface area contributed by atoms with E-state index in [1.165, 1.54) is 0 Å². The summed E-state index contributed by atoms with van der Waals surface area (Å²) >= 11 is 0. The lowest BCUT2D eigenvalue weighted by Crippen LogP contribution is -2.44. The van der Waals surface area contributed by atoms with E-state index in [2.05, 4.69) is 5.32 Å². The molecule has 0 radical (unpaired) electrons. The van der Waals surface area contributed by atoms with Gasteiger partial charge in [-0.3, -0.25) is 0 Å². The van der Waals surface area contributed by atoms with Gasteiger partial charge in [0.05, 0.1) is 12.7 Å². The number of aliphatic hydroxyl groups is 1. The zero-order valence-electron chi connectivity index (χ0n) is 11.1. The SMILES string of the molecule is CCOc1cccc(NC(=O)N2CCCC(O)C2)c1. The molecule has 1 fully saturated rings. The van der Waals surface area contributed by atoms with Gasteiger partial charge in [0.2, 0.25) is 0 Å². The minimum atomic E-state index is -0.408. The number of urea groups is 1. The molecular formula is C14H20N2O3. The van der Waals surface area contributed by atoms with Crippen LogP contribution in [0.3, 0.4) is 0 Å². The minimum absolute atomic E-state index is 0.174. The first kappa shape index (κ1) is 13.7. The second kappa shape index (κ2) is 6.43. The molecule has 2 rings (SSSR count). The zero-order chi connectivity index (χ0) is 13.7.